The average Bonchev–Trinajstić information content (AvgIpc) is 3.23. The molecular weight excluding hydrogens is 593 g/mol. The summed E-state index contributed by atoms with van der Waals surface area (Å²) in [6.45, 7) is 6.92. The Balaban J connectivity index is 0.00000160. The molecule has 2 atom stereocenters. The number of halogens is 2. The van der Waals surface area contributed by atoms with Gasteiger partial charge in [-0.1, -0.05) is 0 Å². The summed E-state index contributed by atoms with van der Waals surface area (Å²) in [6, 6.07) is 18.1. The molecule has 0 heterocycles. The Kier molecular flexibility index (Phi) is 10.3. The van der Waals surface area contributed by atoms with Crippen molar-refractivity contribution in [1.29, 1.82) is 0 Å². The molecule has 4 heteroatoms. The van der Waals surface area contributed by atoms with E-state index in [1.54, 1.807) is 22.0 Å². The number of benzene rings is 2. The number of hydrogen-bond acceptors (Lipinski definition) is 0. The minimum Gasteiger partial charge on any atom is -1.00 e. The Labute approximate surface area is 207 Å². The molecule has 0 radical (unpaired) electrons. The standard InChI is InChI=1S/C16H14P.C10H15.2ClH.Hf/c1-12-6-2-5-9-16(12)17-15-10-13-7-3-4-8-14(13)11-15;1-3-4-7-10-8-5-6-9(10)2;;;/h2-11,17H,1H3;6H,3-5,7H2,1-2H3;2*1H;/q;;;;+2/p-2. The van der Waals surface area contributed by atoms with Gasteiger partial charge in [-0.05, 0) is 0 Å². The fraction of sp³-hybridized carbons (Fsp3) is 0.308. The Bertz CT molecular complexity index is 975. The molecule has 156 valence electrons. The smallest absolute Gasteiger partial charge is 1.00 e. The van der Waals surface area contributed by atoms with E-state index in [4.69, 9.17) is 0 Å². The fourth-order valence-corrected chi connectivity index (χ4v) is 13.1. The van der Waals surface area contributed by atoms with E-state index in [0.717, 1.165) is 12.3 Å². The predicted octanol–water partition coefficient (Wildman–Crippen LogP) is 1.28. The molecular formula is C26H29Cl2HfP. The summed E-state index contributed by atoms with van der Waals surface area (Å²) in [4.78, 5) is 0. The molecule has 2 aromatic rings. The molecule has 2 unspecified atom stereocenters. The van der Waals surface area contributed by atoms with E-state index >= 15 is 0 Å². The molecule has 0 fully saturated rings. The Morgan fingerprint density at radius 2 is 1.73 bits per heavy atom. The van der Waals surface area contributed by atoms with E-state index in [9.17, 15) is 0 Å². The third-order valence-corrected chi connectivity index (χ3v) is 14.8. The summed E-state index contributed by atoms with van der Waals surface area (Å²) in [5, 5.41) is 3.22. The monoisotopic (exact) mass is 622 g/mol. The summed E-state index contributed by atoms with van der Waals surface area (Å²) < 4.78 is 2.62. The molecule has 0 saturated heterocycles. The van der Waals surface area contributed by atoms with Crippen LogP contribution in [0.2, 0.25) is 0 Å². The van der Waals surface area contributed by atoms with Crippen LogP contribution in [0.25, 0.3) is 6.08 Å². The van der Waals surface area contributed by atoms with Crippen LogP contribution in [-0.2, 0) is 22.9 Å². The predicted molar refractivity (Wildman–Crippen MR) is 121 cm³/mol. The van der Waals surface area contributed by atoms with E-state index < -0.39 is 22.9 Å². The van der Waals surface area contributed by atoms with E-state index in [0.29, 0.717) is 0 Å². The molecule has 4 rings (SSSR count). The molecule has 0 spiro atoms. The number of aryl methyl sites for hydroxylation is 1. The van der Waals surface area contributed by atoms with Gasteiger partial charge in [0.05, 0.1) is 0 Å². The van der Waals surface area contributed by atoms with Crippen LogP contribution in [0.3, 0.4) is 0 Å². The van der Waals surface area contributed by atoms with E-state index in [-0.39, 0.29) is 24.8 Å². The zero-order chi connectivity index (χ0) is 19.5. The van der Waals surface area contributed by atoms with Crippen LogP contribution in [0.15, 0.2) is 74.4 Å². The SMILES string of the molecule is CCCCC1=[C]([Hf+2][CH]2C(Pc3ccccc3C)=Cc3ccccc32)CC=C1C.[Cl-].[Cl-]. The molecule has 0 bridgehead atoms. The summed E-state index contributed by atoms with van der Waals surface area (Å²) in [6.07, 6.45) is 10.2. The molecule has 0 nitrogen and oxygen atoms in total. The third kappa shape index (κ3) is 5.66. The van der Waals surface area contributed by atoms with Crippen molar-refractivity contribution in [1.82, 2.24) is 0 Å². The van der Waals surface area contributed by atoms with Crippen molar-refractivity contribution in [2.45, 2.75) is 50.1 Å². The van der Waals surface area contributed by atoms with Gasteiger partial charge in [-0.3, -0.25) is 0 Å². The zero-order valence-corrected chi connectivity index (χ0v) is 24.0. The van der Waals surface area contributed by atoms with Gasteiger partial charge in [-0.15, -0.1) is 0 Å². The minimum atomic E-state index is -0.981. The first-order valence-corrected chi connectivity index (χ1v) is 15.3. The van der Waals surface area contributed by atoms with Crippen molar-refractivity contribution in [3.63, 3.8) is 0 Å². The molecule has 30 heavy (non-hydrogen) atoms. The van der Waals surface area contributed by atoms with Gasteiger partial charge in [0.1, 0.15) is 0 Å². The number of allylic oxidation sites excluding steroid dienone is 5. The van der Waals surface area contributed by atoms with Crippen molar-refractivity contribution in [2.75, 3.05) is 0 Å². The van der Waals surface area contributed by atoms with Gasteiger partial charge in [0.25, 0.3) is 0 Å². The first-order chi connectivity index (χ1) is 13.7. The molecule has 2 aliphatic carbocycles. The number of hydrogen-bond donors (Lipinski definition) is 0. The van der Waals surface area contributed by atoms with E-state index in [1.807, 2.05) is 3.33 Å². The van der Waals surface area contributed by atoms with Crippen molar-refractivity contribution in [2.24, 2.45) is 0 Å². The van der Waals surface area contributed by atoms with E-state index in [1.165, 1.54) is 42.1 Å². The minimum absolute atomic E-state index is 0. The largest absolute Gasteiger partial charge is 1.00 e. The van der Waals surface area contributed by atoms with Crippen molar-refractivity contribution in [3.8, 4) is 0 Å². The van der Waals surface area contributed by atoms with Crippen LogP contribution in [0.4, 0.5) is 0 Å². The van der Waals surface area contributed by atoms with Crippen LogP contribution in [0.5, 0.6) is 0 Å². The van der Waals surface area contributed by atoms with Crippen LogP contribution in [0.1, 0.15) is 59.9 Å². The molecule has 2 aliphatic rings. The Morgan fingerprint density at radius 1 is 1.00 bits per heavy atom. The van der Waals surface area contributed by atoms with Crippen molar-refractivity contribution >= 4 is 20.0 Å². The van der Waals surface area contributed by atoms with Gasteiger partial charge in [0.2, 0.25) is 0 Å². The van der Waals surface area contributed by atoms with Gasteiger partial charge in [0.15, 0.2) is 0 Å². The number of unbranched alkanes of at least 4 members (excludes halogenated alkanes) is 1. The van der Waals surface area contributed by atoms with Crippen LogP contribution < -0.4 is 30.1 Å². The van der Waals surface area contributed by atoms with Gasteiger partial charge < -0.3 is 24.8 Å². The maximum Gasteiger partial charge on any atom is -1.00 e. The number of fused-ring (bicyclic) bond motifs is 1. The van der Waals surface area contributed by atoms with Crippen LogP contribution >= 0.6 is 8.58 Å². The Morgan fingerprint density at radius 3 is 2.50 bits per heavy atom. The first-order valence-electron chi connectivity index (χ1n) is 10.5. The van der Waals surface area contributed by atoms with Crippen molar-refractivity contribution < 1.29 is 47.7 Å². The molecule has 0 N–H and O–H groups in total. The third-order valence-electron chi connectivity index (χ3n) is 5.90. The van der Waals surface area contributed by atoms with E-state index in [2.05, 4.69) is 81.5 Å². The van der Waals surface area contributed by atoms with Crippen LogP contribution in [-0.4, -0.2) is 0 Å². The molecule has 0 aliphatic heterocycles. The molecule has 0 saturated carbocycles. The first kappa shape index (κ1) is 25.8. The quantitative estimate of drug-likeness (QED) is 0.323. The van der Waals surface area contributed by atoms with Gasteiger partial charge in [0, 0.05) is 0 Å². The maximum atomic E-state index is 2.53. The summed E-state index contributed by atoms with van der Waals surface area (Å²) in [7, 11) is 0.813. The van der Waals surface area contributed by atoms with Crippen molar-refractivity contribution in [3.05, 3.63) is 91.1 Å². The summed E-state index contributed by atoms with van der Waals surface area (Å²) in [5.41, 5.74) is 7.86. The second-order valence-corrected chi connectivity index (χ2v) is 14.5. The average molecular weight is 622 g/mol. The Hall–Kier alpha value is -0.460. The topological polar surface area (TPSA) is 0 Å². The fourth-order valence-electron chi connectivity index (χ4n) is 4.22. The van der Waals surface area contributed by atoms with Crippen LogP contribution in [0, 0.1) is 6.92 Å². The number of rotatable bonds is 7. The zero-order valence-electron chi connectivity index (χ0n) is 17.9. The molecule has 0 amide bonds. The van der Waals surface area contributed by atoms with Gasteiger partial charge in [-0.25, -0.2) is 0 Å². The normalized spacial score (nSPS) is 17.2. The maximum absolute atomic E-state index is 2.53. The second kappa shape index (κ2) is 12.0. The van der Waals surface area contributed by atoms with Gasteiger partial charge >= 0.3 is 184 Å². The second-order valence-electron chi connectivity index (χ2n) is 7.90. The summed E-state index contributed by atoms with van der Waals surface area (Å²) >= 11 is -0.981. The van der Waals surface area contributed by atoms with Gasteiger partial charge in [-0.2, -0.15) is 0 Å². The molecule has 2 aromatic carbocycles. The molecule has 0 aromatic heterocycles. The summed E-state index contributed by atoms with van der Waals surface area (Å²) in [5.74, 6) is 0.